The minimum atomic E-state index is 0.418. The molecule has 3 heteroatoms. The van der Waals surface area contributed by atoms with E-state index >= 15 is 0 Å². The second kappa shape index (κ2) is 6.43. The van der Waals surface area contributed by atoms with Crippen molar-refractivity contribution in [3.8, 4) is 6.07 Å². The van der Waals surface area contributed by atoms with E-state index in [0.29, 0.717) is 5.41 Å². The van der Waals surface area contributed by atoms with E-state index in [4.69, 9.17) is 5.26 Å². The highest BCUT2D eigenvalue weighted by Crippen LogP contribution is 2.39. The van der Waals surface area contributed by atoms with Crippen LogP contribution in [-0.4, -0.2) is 18.9 Å². The van der Waals surface area contributed by atoms with E-state index in [-0.39, 0.29) is 0 Å². The number of halogens is 1. The van der Waals surface area contributed by atoms with Crippen LogP contribution < -0.4 is 4.90 Å². The number of hydrogen-bond acceptors (Lipinski definition) is 2. The standard InChI is InChI=1S/C16H21BrN2/c1-19(15-7-5-14(11-18)6-8-15)13-16(12-17)9-3-2-4-10-16/h5-8H,2-4,9-10,12-13H2,1H3. The molecule has 102 valence electrons. The van der Waals surface area contributed by atoms with Crippen molar-refractivity contribution in [1.29, 1.82) is 5.26 Å². The maximum absolute atomic E-state index is 8.84. The van der Waals surface area contributed by atoms with Crippen LogP contribution >= 0.6 is 15.9 Å². The van der Waals surface area contributed by atoms with Crippen molar-refractivity contribution in [2.24, 2.45) is 5.41 Å². The smallest absolute Gasteiger partial charge is 0.0991 e. The lowest BCUT2D eigenvalue weighted by atomic mass is 9.75. The fourth-order valence-corrected chi connectivity index (χ4v) is 3.76. The van der Waals surface area contributed by atoms with E-state index in [0.717, 1.165) is 17.4 Å². The third-order valence-corrected chi connectivity index (χ3v) is 5.40. The van der Waals surface area contributed by atoms with Crippen molar-refractivity contribution in [3.05, 3.63) is 29.8 Å². The van der Waals surface area contributed by atoms with Crippen LogP contribution in [0.15, 0.2) is 24.3 Å². The third kappa shape index (κ3) is 3.51. The minimum Gasteiger partial charge on any atom is -0.374 e. The molecule has 0 N–H and O–H groups in total. The van der Waals surface area contributed by atoms with Crippen molar-refractivity contribution in [2.75, 3.05) is 23.8 Å². The number of benzene rings is 1. The van der Waals surface area contributed by atoms with Crippen molar-refractivity contribution >= 4 is 21.6 Å². The molecule has 0 heterocycles. The molecule has 1 aliphatic carbocycles. The molecule has 1 saturated carbocycles. The van der Waals surface area contributed by atoms with Crippen molar-refractivity contribution in [3.63, 3.8) is 0 Å². The molecule has 0 saturated heterocycles. The lowest BCUT2D eigenvalue weighted by Gasteiger charge is -2.39. The SMILES string of the molecule is CN(CC1(CBr)CCCCC1)c1ccc(C#N)cc1. The Morgan fingerprint density at radius 2 is 1.84 bits per heavy atom. The molecule has 0 bridgehead atoms. The van der Waals surface area contributed by atoms with Crippen LogP contribution in [0.4, 0.5) is 5.69 Å². The molecule has 0 radical (unpaired) electrons. The number of nitriles is 1. The highest BCUT2D eigenvalue weighted by atomic mass is 79.9. The van der Waals surface area contributed by atoms with Gasteiger partial charge in [0.15, 0.2) is 0 Å². The predicted molar refractivity (Wildman–Crippen MR) is 83.7 cm³/mol. The Kier molecular flexibility index (Phi) is 4.87. The molecule has 0 spiro atoms. The monoisotopic (exact) mass is 320 g/mol. The number of nitrogens with zero attached hydrogens (tertiary/aromatic N) is 2. The van der Waals surface area contributed by atoms with Crippen LogP contribution in [0.3, 0.4) is 0 Å². The van der Waals surface area contributed by atoms with Crippen LogP contribution in [-0.2, 0) is 0 Å². The summed E-state index contributed by atoms with van der Waals surface area (Å²) >= 11 is 3.72. The predicted octanol–water partition coefficient (Wildman–Crippen LogP) is 4.34. The molecule has 0 atom stereocenters. The number of hydrogen-bond donors (Lipinski definition) is 0. The van der Waals surface area contributed by atoms with Crippen LogP contribution in [0.2, 0.25) is 0 Å². The van der Waals surface area contributed by atoms with E-state index in [1.807, 2.05) is 24.3 Å². The van der Waals surface area contributed by atoms with Gasteiger partial charge in [0.1, 0.15) is 0 Å². The first-order chi connectivity index (χ1) is 9.19. The normalized spacial score (nSPS) is 17.7. The maximum Gasteiger partial charge on any atom is 0.0991 e. The van der Waals surface area contributed by atoms with E-state index < -0.39 is 0 Å². The van der Waals surface area contributed by atoms with Crippen LogP contribution in [0.5, 0.6) is 0 Å². The Morgan fingerprint density at radius 3 is 2.37 bits per heavy atom. The van der Waals surface area contributed by atoms with Gasteiger partial charge >= 0.3 is 0 Å². The summed E-state index contributed by atoms with van der Waals surface area (Å²) in [7, 11) is 2.15. The van der Waals surface area contributed by atoms with Crippen molar-refractivity contribution < 1.29 is 0 Å². The Hall–Kier alpha value is -1.01. The zero-order chi connectivity index (χ0) is 13.7. The molecule has 0 amide bonds. The van der Waals surface area contributed by atoms with E-state index in [2.05, 4.69) is 33.9 Å². The molecular formula is C16H21BrN2. The average Bonchev–Trinajstić information content (AvgIpc) is 2.48. The summed E-state index contributed by atoms with van der Waals surface area (Å²) in [6.07, 6.45) is 6.73. The van der Waals surface area contributed by atoms with Crippen LogP contribution in [0.25, 0.3) is 0 Å². The van der Waals surface area contributed by atoms with Gasteiger partial charge in [-0.2, -0.15) is 5.26 Å². The summed E-state index contributed by atoms with van der Waals surface area (Å²) < 4.78 is 0. The van der Waals surface area contributed by atoms with Gasteiger partial charge in [-0.15, -0.1) is 0 Å². The van der Waals surface area contributed by atoms with Crippen molar-refractivity contribution in [2.45, 2.75) is 32.1 Å². The second-order valence-corrected chi connectivity index (χ2v) is 6.27. The maximum atomic E-state index is 8.84. The lowest BCUT2D eigenvalue weighted by Crippen LogP contribution is -2.38. The summed E-state index contributed by atoms with van der Waals surface area (Å²) in [5, 5.41) is 9.92. The van der Waals surface area contributed by atoms with E-state index in [1.54, 1.807) is 0 Å². The molecule has 0 aromatic heterocycles. The van der Waals surface area contributed by atoms with Gasteiger partial charge in [0.2, 0.25) is 0 Å². The first kappa shape index (κ1) is 14.4. The van der Waals surface area contributed by atoms with Gasteiger partial charge in [-0.1, -0.05) is 35.2 Å². The Balaban J connectivity index is 2.06. The Morgan fingerprint density at radius 1 is 1.21 bits per heavy atom. The molecular weight excluding hydrogens is 300 g/mol. The van der Waals surface area contributed by atoms with Crippen LogP contribution in [0, 0.1) is 16.7 Å². The molecule has 0 unspecified atom stereocenters. The molecule has 19 heavy (non-hydrogen) atoms. The molecule has 2 nitrogen and oxygen atoms in total. The second-order valence-electron chi connectivity index (χ2n) is 5.71. The van der Waals surface area contributed by atoms with Gasteiger partial charge < -0.3 is 4.90 Å². The summed E-state index contributed by atoms with van der Waals surface area (Å²) in [6, 6.07) is 10.0. The Labute approximate surface area is 124 Å². The third-order valence-electron chi connectivity index (χ3n) is 4.21. The molecule has 1 aromatic rings. The topological polar surface area (TPSA) is 27.0 Å². The molecule has 1 aliphatic rings. The molecule has 1 fully saturated rings. The quantitative estimate of drug-likeness (QED) is 0.771. The van der Waals surface area contributed by atoms with Gasteiger partial charge in [0, 0.05) is 24.6 Å². The fourth-order valence-electron chi connectivity index (χ4n) is 3.02. The van der Waals surface area contributed by atoms with Gasteiger partial charge in [-0.25, -0.2) is 0 Å². The highest BCUT2D eigenvalue weighted by molar-refractivity contribution is 9.09. The number of alkyl halides is 1. The largest absolute Gasteiger partial charge is 0.374 e. The summed E-state index contributed by atoms with van der Waals surface area (Å²) in [5.41, 5.74) is 2.34. The van der Waals surface area contributed by atoms with Gasteiger partial charge in [-0.05, 0) is 42.5 Å². The summed E-state index contributed by atoms with van der Waals surface area (Å²) in [5.74, 6) is 0. The number of rotatable bonds is 4. The van der Waals surface area contributed by atoms with Crippen molar-refractivity contribution in [1.82, 2.24) is 0 Å². The Bertz CT molecular complexity index is 441. The minimum absolute atomic E-state index is 0.418. The molecule has 2 rings (SSSR count). The first-order valence-electron chi connectivity index (χ1n) is 6.96. The lowest BCUT2D eigenvalue weighted by molar-refractivity contribution is 0.232. The van der Waals surface area contributed by atoms with E-state index in [1.165, 1.54) is 37.8 Å². The first-order valence-corrected chi connectivity index (χ1v) is 8.08. The van der Waals surface area contributed by atoms with Gasteiger partial charge in [-0.3, -0.25) is 0 Å². The average molecular weight is 321 g/mol. The van der Waals surface area contributed by atoms with Crippen LogP contribution in [0.1, 0.15) is 37.7 Å². The summed E-state index contributed by atoms with van der Waals surface area (Å²) in [6.45, 7) is 1.09. The fraction of sp³-hybridized carbons (Fsp3) is 0.562. The zero-order valence-corrected chi connectivity index (χ0v) is 13.1. The molecule has 1 aromatic carbocycles. The zero-order valence-electron chi connectivity index (χ0n) is 11.5. The molecule has 0 aliphatic heterocycles. The van der Waals surface area contributed by atoms with Gasteiger partial charge in [0.05, 0.1) is 11.6 Å². The summed E-state index contributed by atoms with van der Waals surface area (Å²) in [4.78, 5) is 2.33. The van der Waals surface area contributed by atoms with Gasteiger partial charge in [0.25, 0.3) is 0 Å². The van der Waals surface area contributed by atoms with E-state index in [9.17, 15) is 0 Å². The highest BCUT2D eigenvalue weighted by Gasteiger charge is 2.32. The number of anilines is 1.